The second-order valence-corrected chi connectivity index (χ2v) is 14.4. The third-order valence-corrected chi connectivity index (χ3v) is 11.1. The molecule has 0 aliphatic heterocycles. The zero-order chi connectivity index (χ0) is 37.7. The number of aromatic nitrogens is 4. The number of anilines is 3. The Bertz CT molecular complexity index is 2900. The summed E-state index contributed by atoms with van der Waals surface area (Å²) < 4.78 is 4.71. The molecule has 0 aliphatic rings. The van der Waals surface area contributed by atoms with Gasteiger partial charge in [-0.2, -0.15) is 0 Å². The number of para-hydroxylation sites is 2. The average molecular weight is 730 g/mol. The molecule has 0 N–H and O–H groups in total. The van der Waals surface area contributed by atoms with Crippen LogP contribution in [0.5, 0.6) is 0 Å². The van der Waals surface area contributed by atoms with E-state index in [4.69, 9.17) is 0 Å². The van der Waals surface area contributed by atoms with E-state index in [-0.39, 0.29) is 0 Å². The van der Waals surface area contributed by atoms with Gasteiger partial charge in [0.05, 0.1) is 51.5 Å². The summed E-state index contributed by atoms with van der Waals surface area (Å²) in [6, 6.07) is 67.3. The molecular weight excluding hydrogens is 695 g/mol. The normalized spacial score (nSPS) is 11.5. The summed E-state index contributed by atoms with van der Waals surface area (Å²) >= 11 is 0. The zero-order valence-corrected chi connectivity index (χ0v) is 30.9. The molecule has 7 aromatic carbocycles. The van der Waals surface area contributed by atoms with Gasteiger partial charge >= 0.3 is 0 Å². The van der Waals surface area contributed by atoms with E-state index < -0.39 is 0 Å². The number of nitrogens with zero attached hydrogens (tertiary/aromatic N) is 5. The van der Waals surface area contributed by atoms with Crippen LogP contribution in [-0.2, 0) is 0 Å². The number of rotatable bonds is 7. The molecule has 0 saturated heterocycles. The van der Waals surface area contributed by atoms with Gasteiger partial charge in [-0.05, 0) is 89.0 Å². The molecule has 0 fully saturated rings. The Labute approximate surface area is 330 Å². The molecule has 0 atom stereocenters. The van der Waals surface area contributed by atoms with Crippen molar-refractivity contribution in [3.8, 4) is 33.6 Å². The highest BCUT2D eigenvalue weighted by Crippen LogP contribution is 2.42. The molecular formula is C52H35N5. The van der Waals surface area contributed by atoms with Gasteiger partial charge in [-0.3, -0.25) is 9.97 Å². The van der Waals surface area contributed by atoms with Gasteiger partial charge in [0.15, 0.2) is 0 Å². The number of hydrogen-bond donors (Lipinski definition) is 0. The first-order valence-electron chi connectivity index (χ1n) is 19.2. The van der Waals surface area contributed by atoms with Crippen LogP contribution in [0.25, 0.3) is 77.2 Å². The Balaban J connectivity index is 1.19. The monoisotopic (exact) mass is 729 g/mol. The van der Waals surface area contributed by atoms with E-state index in [1.165, 1.54) is 43.8 Å². The summed E-state index contributed by atoms with van der Waals surface area (Å²) in [4.78, 5) is 11.6. The number of fused-ring (bicyclic) bond motifs is 6. The molecule has 4 aromatic heterocycles. The van der Waals surface area contributed by atoms with Gasteiger partial charge in [0, 0.05) is 45.3 Å². The maximum atomic E-state index is 4.62. The lowest BCUT2D eigenvalue weighted by Crippen LogP contribution is -2.12. The van der Waals surface area contributed by atoms with Crippen LogP contribution in [0.1, 0.15) is 0 Å². The molecule has 268 valence electrons. The summed E-state index contributed by atoms with van der Waals surface area (Å²) in [6.45, 7) is 0. The Morgan fingerprint density at radius 2 is 0.702 bits per heavy atom. The first kappa shape index (κ1) is 32.7. The van der Waals surface area contributed by atoms with E-state index in [1.54, 1.807) is 0 Å². The third kappa shape index (κ3) is 5.56. The van der Waals surface area contributed by atoms with Gasteiger partial charge in [-0.1, -0.05) is 121 Å². The van der Waals surface area contributed by atoms with Gasteiger partial charge in [-0.15, -0.1) is 0 Å². The lowest BCUT2D eigenvalue weighted by Gasteiger charge is -2.28. The van der Waals surface area contributed by atoms with Crippen LogP contribution in [0.3, 0.4) is 0 Å². The summed E-state index contributed by atoms with van der Waals surface area (Å²) in [7, 11) is 0. The number of hydrogen-bond acceptors (Lipinski definition) is 3. The maximum Gasteiger partial charge on any atom is 0.0724 e. The van der Waals surface area contributed by atoms with Crippen LogP contribution < -0.4 is 4.90 Å². The van der Waals surface area contributed by atoms with Crippen LogP contribution >= 0.6 is 0 Å². The van der Waals surface area contributed by atoms with E-state index in [9.17, 15) is 0 Å². The number of pyridine rings is 2. The fraction of sp³-hybridized carbons (Fsp3) is 0. The highest BCUT2D eigenvalue weighted by atomic mass is 15.1. The fourth-order valence-electron chi connectivity index (χ4n) is 8.47. The molecule has 0 radical (unpaired) electrons. The van der Waals surface area contributed by atoms with Crippen molar-refractivity contribution >= 4 is 60.7 Å². The van der Waals surface area contributed by atoms with Crippen molar-refractivity contribution < 1.29 is 0 Å². The topological polar surface area (TPSA) is 38.9 Å². The van der Waals surface area contributed by atoms with Crippen molar-refractivity contribution in [3.05, 3.63) is 213 Å². The Morgan fingerprint density at radius 1 is 0.316 bits per heavy atom. The highest BCUT2D eigenvalue weighted by Gasteiger charge is 2.21. The molecule has 0 saturated carbocycles. The average Bonchev–Trinajstić information content (AvgIpc) is 3.81. The third-order valence-electron chi connectivity index (χ3n) is 11.1. The van der Waals surface area contributed by atoms with Crippen LogP contribution in [0.4, 0.5) is 17.1 Å². The van der Waals surface area contributed by atoms with E-state index in [1.807, 2.05) is 24.8 Å². The molecule has 57 heavy (non-hydrogen) atoms. The van der Waals surface area contributed by atoms with Gasteiger partial charge in [-0.25, -0.2) is 0 Å². The van der Waals surface area contributed by atoms with Crippen LogP contribution in [0, 0.1) is 0 Å². The smallest absolute Gasteiger partial charge is 0.0724 e. The molecule has 0 aliphatic carbocycles. The van der Waals surface area contributed by atoms with Crippen molar-refractivity contribution in [2.24, 2.45) is 0 Å². The van der Waals surface area contributed by atoms with E-state index in [0.29, 0.717) is 0 Å². The summed E-state index contributed by atoms with van der Waals surface area (Å²) in [6.07, 6.45) is 7.72. The maximum absolute atomic E-state index is 4.62. The largest absolute Gasteiger partial charge is 0.310 e. The lowest BCUT2D eigenvalue weighted by atomic mass is 10.0. The van der Waals surface area contributed by atoms with E-state index >= 15 is 0 Å². The van der Waals surface area contributed by atoms with Gasteiger partial charge in [0.1, 0.15) is 0 Å². The SMILES string of the molecule is c1ccc(-c2ccc(N(c3ccc(-c4ccccc4)cc3)c3cc(-n4c5ccccc5c5ccncc54)cc(-n4c5ccccc5c5ccncc54)c3)cc2)cc1. The molecule has 0 amide bonds. The van der Waals surface area contributed by atoms with Crippen molar-refractivity contribution in [2.75, 3.05) is 4.90 Å². The fourth-order valence-corrected chi connectivity index (χ4v) is 8.47. The molecule has 0 spiro atoms. The second kappa shape index (κ2) is 13.5. The molecule has 0 bridgehead atoms. The molecule has 0 unspecified atom stereocenters. The Hall–Kier alpha value is -7.76. The van der Waals surface area contributed by atoms with Crippen molar-refractivity contribution in [1.82, 2.24) is 19.1 Å². The zero-order valence-electron chi connectivity index (χ0n) is 30.9. The molecule has 4 heterocycles. The summed E-state index contributed by atoms with van der Waals surface area (Å²) in [5, 5.41) is 4.71. The number of benzene rings is 7. The lowest BCUT2D eigenvalue weighted by molar-refractivity contribution is 1.11. The first-order valence-corrected chi connectivity index (χ1v) is 19.2. The predicted octanol–water partition coefficient (Wildman–Crippen LogP) is 13.5. The summed E-state index contributed by atoms with van der Waals surface area (Å²) in [5.74, 6) is 0. The van der Waals surface area contributed by atoms with Crippen LogP contribution in [-0.4, -0.2) is 19.1 Å². The van der Waals surface area contributed by atoms with E-state index in [2.05, 4.69) is 212 Å². The van der Waals surface area contributed by atoms with Crippen LogP contribution in [0.15, 0.2) is 213 Å². The first-order chi connectivity index (χ1) is 28.3. The molecule has 5 heteroatoms. The summed E-state index contributed by atoms with van der Waals surface area (Å²) in [5.41, 5.74) is 14.3. The predicted molar refractivity (Wildman–Crippen MR) is 236 cm³/mol. The quantitative estimate of drug-likeness (QED) is 0.164. The van der Waals surface area contributed by atoms with Crippen molar-refractivity contribution in [3.63, 3.8) is 0 Å². The van der Waals surface area contributed by atoms with Crippen molar-refractivity contribution in [2.45, 2.75) is 0 Å². The molecule has 11 rings (SSSR count). The van der Waals surface area contributed by atoms with Gasteiger partial charge in [0.25, 0.3) is 0 Å². The van der Waals surface area contributed by atoms with Gasteiger partial charge in [0.2, 0.25) is 0 Å². The minimum Gasteiger partial charge on any atom is -0.310 e. The van der Waals surface area contributed by atoms with Gasteiger partial charge < -0.3 is 14.0 Å². The van der Waals surface area contributed by atoms with E-state index in [0.717, 1.165) is 50.5 Å². The van der Waals surface area contributed by atoms with Crippen LogP contribution in [0.2, 0.25) is 0 Å². The second-order valence-electron chi connectivity index (χ2n) is 14.4. The molecule has 11 aromatic rings. The standard InChI is InChI=1S/C52H35N5/c1-3-11-36(12-4-1)38-19-23-40(24-20-38)55(41-25-21-39(22-26-41)37-13-5-2-6-14-37)42-31-43(56-49-17-9-7-15-45(49)47-27-29-53-34-51(47)56)33-44(32-42)57-50-18-10-8-16-46(50)48-28-30-54-35-52(48)57/h1-35H. The minimum atomic E-state index is 1.02. The van der Waals surface area contributed by atoms with Crippen molar-refractivity contribution in [1.29, 1.82) is 0 Å². The Kier molecular flexibility index (Phi) is 7.74. The Morgan fingerprint density at radius 3 is 1.16 bits per heavy atom. The minimum absolute atomic E-state index is 1.02. The highest BCUT2D eigenvalue weighted by molar-refractivity contribution is 6.10. The molecule has 5 nitrogen and oxygen atoms in total.